The fourth-order valence-corrected chi connectivity index (χ4v) is 3.02. The van der Waals surface area contributed by atoms with Crippen molar-refractivity contribution in [1.82, 2.24) is 5.32 Å². The van der Waals surface area contributed by atoms with Crippen molar-refractivity contribution in [2.45, 2.75) is 26.0 Å². The third-order valence-electron chi connectivity index (χ3n) is 4.58. The predicted octanol–water partition coefficient (Wildman–Crippen LogP) is 4.33. The Balaban J connectivity index is 1.64. The van der Waals surface area contributed by atoms with E-state index in [0.29, 0.717) is 30.2 Å². The summed E-state index contributed by atoms with van der Waals surface area (Å²) < 4.78 is 16.5. The van der Waals surface area contributed by atoms with Gasteiger partial charge in [0.15, 0.2) is 17.6 Å². The van der Waals surface area contributed by atoms with E-state index >= 15 is 0 Å². The Morgan fingerprint density at radius 1 is 0.929 bits per heavy atom. The summed E-state index contributed by atoms with van der Waals surface area (Å²) in [5.41, 5.74) is 0.923. The third-order valence-corrected chi connectivity index (χ3v) is 4.58. The molecule has 1 N–H and O–H groups in total. The predicted molar refractivity (Wildman–Crippen MR) is 110 cm³/mol. The van der Waals surface area contributed by atoms with Crippen LogP contribution >= 0.6 is 0 Å². The highest BCUT2D eigenvalue weighted by molar-refractivity contribution is 5.84. The van der Waals surface area contributed by atoms with E-state index in [1.54, 1.807) is 14.2 Å². The SMILES string of the molecule is CC[C@H](Oc1ccc2ccccc2c1)C(=O)NCc1ccc(OC)c(OC)c1. The lowest BCUT2D eigenvalue weighted by atomic mass is 10.1. The molecule has 0 aliphatic rings. The molecule has 0 bridgehead atoms. The quantitative estimate of drug-likeness (QED) is 0.633. The van der Waals surface area contributed by atoms with Crippen molar-refractivity contribution < 1.29 is 19.0 Å². The van der Waals surface area contributed by atoms with Gasteiger partial charge >= 0.3 is 0 Å². The van der Waals surface area contributed by atoms with E-state index in [2.05, 4.69) is 5.32 Å². The van der Waals surface area contributed by atoms with Gasteiger partial charge in [-0.15, -0.1) is 0 Å². The number of amides is 1. The van der Waals surface area contributed by atoms with Crippen LogP contribution in [0.15, 0.2) is 60.7 Å². The van der Waals surface area contributed by atoms with Crippen molar-refractivity contribution in [3.05, 3.63) is 66.2 Å². The lowest BCUT2D eigenvalue weighted by molar-refractivity contribution is -0.128. The molecule has 0 saturated heterocycles. The minimum absolute atomic E-state index is 0.148. The van der Waals surface area contributed by atoms with Crippen LogP contribution in [-0.4, -0.2) is 26.2 Å². The van der Waals surface area contributed by atoms with Crippen LogP contribution in [0, 0.1) is 0 Å². The van der Waals surface area contributed by atoms with Crippen LogP contribution in [0.2, 0.25) is 0 Å². The van der Waals surface area contributed by atoms with Gasteiger partial charge in [0, 0.05) is 6.54 Å². The molecule has 0 radical (unpaired) electrons. The first kappa shape index (κ1) is 19.5. The fourth-order valence-electron chi connectivity index (χ4n) is 3.02. The molecule has 0 fully saturated rings. The van der Waals surface area contributed by atoms with Gasteiger partial charge < -0.3 is 19.5 Å². The van der Waals surface area contributed by atoms with Gasteiger partial charge in [0.1, 0.15) is 5.75 Å². The molecule has 0 heterocycles. The summed E-state index contributed by atoms with van der Waals surface area (Å²) in [6.45, 7) is 2.32. The summed E-state index contributed by atoms with van der Waals surface area (Å²) in [6, 6.07) is 19.5. The minimum Gasteiger partial charge on any atom is -0.493 e. The lowest BCUT2D eigenvalue weighted by Gasteiger charge is -2.18. The normalized spacial score (nSPS) is 11.7. The number of nitrogens with one attached hydrogen (secondary N) is 1. The number of hydrogen-bond acceptors (Lipinski definition) is 4. The van der Waals surface area contributed by atoms with Crippen molar-refractivity contribution in [1.29, 1.82) is 0 Å². The van der Waals surface area contributed by atoms with E-state index in [-0.39, 0.29) is 5.91 Å². The molecule has 1 atom stereocenters. The first-order valence-electron chi connectivity index (χ1n) is 9.28. The maximum atomic E-state index is 12.6. The second kappa shape index (κ2) is 9.13. The van der Waals surface area contributed by atoms with Gasteiger partial charge in [0.25, 0.3) is 5.91 Å². The number of carbonyl (C=O) groups is 1. The monoisotopic (exact) mass is 379 g/mol. The number of methoxy groups -OCH3 is 2. The number of fused-ring (bicyclic) bond motifs is 1. The fraction of sp³-hybridized carbons (Fsp3) is 0.261. The van der Waals surface area contributed by atoms with Crippen LogP contribution in [0.1, 0.15) is 18.9 Å². The van der Waals surface area contributed by atoms with Gasteiger partial charge in [-0.1, -0.05) is 43.3 Å². The first-order valence-corrected chi connectivity index (χ1v) is 9.28. The largest absolute Gasteiger partial charge is 0.493 e. The summed E-state index contributed by atoms with van der Waals surface area (Å²) in [7, 11) is 3.18. The molecule has 0 spiro atoms. The van der Waals surface area contributed by atoms with Crippen molar-refractivity contribution >= 4 is 16.7 Å². The van der Waals surface area contributed by atoms with Gasteiger partial charge in [-0.05, 0) is 47.0 Å². The molecule has 5 nitrogen and oxygen atoms in total. The molecule has 0 saturated carbocycles. The Hall–Kier alpha value is -3.21. The molecule has 0 aromatic heterocycles. The van der Waals surface area contributed by atoms with Gasteiger partial charge in [-0.3, -0.25) is 4.79 Å². The lowest BCUT2D eigenvalue weighted by Crippen LogP contribution is -2.37. The number of rotatable bonds is 8. The maximum Gasteiger partial charge on any atom is 0.261 e. The van der Waals surface area contributed by atoms with E-state index in [1.165, 1.54) is 0 Å². The summed E-state index contributed by atoms with van der Waals surface area (Å²) in [6.07, 6.45) is 0.0197. The second-order valence-corrected chi connectivity index (χ2v) is 6.43. The molecular weight excluding hydrogens is 354 g/mol. The molecule has 0 aliphatic heterocycles. The average molecular weight is 379 g/mol. The van der Waals surface area contributed by atoms with E-state index in [0.717, 1.165) is 16.3 Å². The molecule has 3 aromatic rings. The molecule has 0 aliphatic carbocycles. The average Bonchev–Trinajstić information content (AvgIpc) is 2.75. The zero-order valence-electron chi connectivity index (χ0n) is 16.4. The van der Waals surface area contributed by atoms with Gasteiger partial charge in [0.2, 0.25) is 0 Å². The van der Waals surface area contributed by atoms with Crippen LogP contribution in [-0.2, 0) is 11.3 Å². The number of benzene rings is 3. The highest BCUT2D eigenvalue weighted by atomic mass is 16.5. The number of carbonyl (C=O) groups excluding carboxylic acids is 1. The molecule has 1 amide bonds. The summed E-state index contributed by atoms with van der Waals surface area (Å²) >= 11 is 0. The van der Waals surface area contributed by atoms with Gasteiger partial charge in [0.05, 0.1) is 14.2 Å². The zero-order chi connectivity index (χ0) is 19.9. The van der Waals surface area contributed by atoms with E-state index in [9.17, 15) is 4.79 Å². The Morgan fingerprint density at radius 2 is 1.68 bits per heavy atom. The molecule has 0 unspecified atom stereocenters. The molecule has 3 rings (SSSR count). The molecule has 146 valence electrons. The number of hydrogen-bond donors (Lipinski definition) is 1. The van der Waals surface area contributed by atoms with Crippen molar-refractivity contribution in [2.75, 3.05) is 14.2 Å². The van der Waals surface area contributed by atoms with Crippen LogP contribution in [0.5, 0.6) is 17.2 Å². The molecule has 28 heavy (non-hydrogen) atoms. The summed E-state index contributed by atoms with van der Waals surface area (Å²) in [4.78, 5) is 12.6. The molecule has 3 aromatic carbocycles. The first-order chi connectivity index (χ1) is 13.6. The molecular formula is C23H25NO4. The van der Waals surface area contributed by atoms with E-state index < -0.39 is 6.10 Å². The van der Waals surface area contributed by atoms with Crippen LogP contribution < -0.4 is 19.5 Å². The zero-order valence-corrected chi connectivity index (χ0v) is 16.4. The topological polar surface area (TPSA) is 56.8 Å². The van der Waals surface area contributed by atoms with Crippen molar-refractivity contribution in [2.24, 2.45) is 0 Å². The highest BCUT2D eigenvalue weighted by Crippen LogP contribution is 2.27. The summed E-state index contributed by atoms with van der Waals surface area (Å²) in [5.74, 6) is 1.83. The Labute approximate surface area is 165 Å². The van der Waals surface area contributed by atoms with Crippen LogP contribution in [0.3, 0.4) is 0 Å². The summed E-state index contributed by atoms with van der Waals surface area (Å²) in [5, 5.41) is 5.16. The second-order valence-electron chi connectivity index (χ2n) is 6.43. The van der Waals surface area contributed by atoms with Crippen LogP contribution in [0.25, 0.3) is 10.8 Å². The van der Waals surface area contributed by atoms with E-state index in [4.69, 9.17) is 14.2 Å². The number of ether oxygens (including phenoxy) is 3. The van der Waals surface area contributed by atoms with Gasteiger partial charge in [-0.25, -0.2) is 0 Å². The Kier molecular flexibility index (Phi) is 6.37. The smallest absolute Gasteiger partial charge is 0.261 e. The van der Waals surface area contributed by atoms with Crippen molar-refractivity contribution in [3.63, 3.8) is 0 Å². The van der Waals surface area contributed by atoms with Crippen LogP contribution in [0.4, 0.5) is 0 Å². The van der Waals surface area contributed by atoms with Gasteiger partial charge in [-0.2, -0.15) is 0 Å². The Morgan fingerprint density at radius 3 is 2.39 bits per heavy atom. The van der Waals surface area contributed by atoms with Crippen molar-refractivity contribution in [3.8, 4) is 17.2 Å². The third kappa shape index (κ3) is 4.55. The highest BCUT2D eigenvalue weighted by Gasteiger charge is 2.18. The molecule has 5 heteroatoms. The standard InChI is InChI=1S/C23H25NO4/c1-4-20(28-19-11-10-17-7-5-6-8-18(17)14-19)23(25)24-15-16-9-12-21(26-2)22(13-16)27-3/h5-14,20H,4,15H2,1-3H3,(H,24,25)/t20-/m0/s1. The Bertz CT molecular complexity index is 954. The maximum absolute atomic E-state index is 12.6. The minimum atomic E-state index is -0.554. The van der Waals surface area contributed by atoms with E-state index in [1.807, 2.05) is 67.6 Å².